The van der Waals surface area contributed by atoms with Crippen LogP contribution in [0.5, 0.6) is 5.75 Å². The van der Waals surface area contributed by atoms with E-state index in [-0.39, 0.29) is 23.5 Å². The summed E-state index contributed by atoms with van der Waals surface area (Å²) in [5, 5.41) is 9.62. The summed E-state index contributed by atoms with van der Waals surface area (Å²) < 4.78 is 5.37. The van der Waals surface area contributed by atoms with E-state index in [1.807, 2.05) is 9.80 Å². The van der Waals surface area contributed by atoms with Gasteiger partial charge in [0.2, 0.25) is 5.91 Å². The molecule has 0 bridgehead atoms. The van der Waals surface area contributed by atoms with Crippen molar-refractivity contribution in [3.8, 4) is 5.75 Å². The molecule has 2 amide bonds. The summed E-state index contributed by atoms with van der Waals surface area (Å²) in [5.41, 5.74) is 0.539. The van der Waals surface area contributed by atoms with Gasteiger partial charge in [0.1, 0.15) is 5.75 Å². The number of benzene rings is 1. The molecule has 3 heterocycles. The van der Waals surface area contributed by atoms with Gasteiger partial charge in [-0.3, -0.25) is 14.5 Å². The van der Waals surface area contributed by atoms with Crippen LogP contribution in [0.2, 0.25) is 0 Å². The Balaban J connectivity index is 1.30. The monoisotopic (exact) mass is 401 g/mol. The second kappa shape index (κ2) is 9.13. The van der Waals surface area contributed by atoms with Gasteiger partial charge in [-0.2, -0.15) is 0 Å². The minimum atomic E-state index is -0.0154. The third kappa shape index (κ3) is 4.73. The fourth-order valence-corrected chi connectivity index (χ4v) is 4.84. The van der Waals surface area contributed by atoms with Gasteiger partial charge >= 0.3 is 0 Å². The molecule has 0 aromatic heterocycles. The van der Waals surface area contributed by atoms with Gasteiger partial charge in [-0.25, -0.2) is 0 Å². The summed E-state index contributed by atoms with van der Waals surface area (Å²) in [6.07, 6.45) is 3.90. The number of carbonyl (C=O) groups is 2. The lowest BCUT2D eigenvalue weighted by atomic mass is 9.92. The van der Waals surface area contributed by atoms with Crippen molar-refractivity contribution < 1.29 is 19.4 Å². The van der Waals surface area contributed by atoms with Crippen LogP contribution in [0.3, 0.4) is 0 Å². The smallest absolute Gasteiger partial charge is 0.253 e. The van der Waals surface area contributed by atoms with Crippen LogP contribution in [0, 0.1) is 5.92 Å². The van der Waals surface area contributed by atoms with E-state index in [1.165, 1.54) is 6.07 Å². The molecule has 7 nitrogen and oxygen atoms in total. The number of aromatic hydroxyl groups is 1. The molecule has 0 aliphatic carbocycles. The van der Waals surface area contributed by atoms with E-state index in [9.17, 15) is 14.7 Å². The van der Waals surface area contributed by atoms with Gasteiger partial charge in [-0.05, 0) is 50.4 Å². The molecular weight excluding hydrogens is 370 g/mol. The third-order valence-corrected chi connectivity index (χ3v) is 6.49. The molecule has 4 rings (SSSR count). The topological polar surface area (TPSA) is 73.3 Å². The van der Waals surface area contributed by atoms with Crippen molar-refractivity contribution in [2.24, 2.45) is 5.92 Å². The minimum Gasteiger partial charge on any atom is -0.508 e. The molecule has 0 radical (unpaired) electrons. The second-order valence-electron chi connectivity index (χ2n) is 8.35. The first-order valence-corrected chi connectivity index (χ1v) is 10.8. The molecule has 3 aliphatic rings. The van der Waals surface area contributed by atoms with Gasteiger partial charge in [0.05, 0.1) is 19.1 Å². The lowest BCUT2D eigenvalue weighted by Gasteiger charge is -2.43. The standard InChI is InChI=1S/C22H31N3O4/c26-20-5-1-3-17(15-20)21(27)23-9-6-19(7-10-23)25-8-2-4-18(16-25)22(28)24-11-13-29-14-12-24/h1,3,5,15,18-19,26H,2,4,6-14,16H2/t18-/m1/s1. The summed E-state index contributed by atoms with van der Waals surface area (Å²) in [5.74, 6) is 0.483. The first-order valence-electron chi connectivity index (χ1n) is 10.8. The number of phenolic OH excluding ortho intramolecular Hbond substituents is 1. The Morgan fingerprint density at radius 2 is 1.72 bits per heavy atom. The normalized spacial score (nSPS) is 24.5. The van der Waals surface area contributed by atoms with Crippen LogP contribution in [-0.2, 0) is 9.53 Å². The van der Waals surface area contributed by atoms with Gasteiger partial charge < -0.3 is 19.6 Å². The lowest BCUT2D eigenvalue weighted by Crippen LogP contribution is -2.53. The highest BCUT2D eigenvalue weighted by Crippen LogP contribution is 2.26. The molecule has 1 N–H and O–H groups in total. The summed E-state index contributed by atoms with van der Waals surface area (Å²) in [7, 11) is 0. The van der Waals surface area contributed by atoms with E-state index < -0.39 is 0 Å². The van der Waals surface area contributed by atoms with Gasteiger partial charge in [0, 0.05) is 44.3 Å². The average molecular weight is 402 g/mol. The number of likely N-dealkylation sites (tertiary alicyclic amines) is 2. The Morgan fingerprint density at radius 3 is 2.45 bits per heavy atom. The van der Waals surface area contributed by atoms with E-state index in [2.05, 4.69) is 4.90 Å². The zero-order valence-corrected chi connectivity index (χ0v) is 17.0. The van der Waals surface area contributed by atoms with E-state index in [0.717, 1.165) is 51.9 Å². The van der Waals surface area contributed by atoms with Crippen molar-refractivity contribution in [2.45, 2.75) is 31.7 Å². The van der Waals surface area contributed by atoms with Crippen molar-refractivity contribution >= 4 is 11.8 Å². The molecule has 29 heavy (non-hydrogen) atoms. The molecule has 1 aromatic carbocycles. The number of morpholine rings is 1. The first kappa shape index (κ1) is 20.2. The summed E-state index contributed by atoms with van der Waals surface area (Å²) in [6.45, 7) is 6.03. The first-order chi connectivity index (χ1) is 14.1. The molecule has 158 valence electrons. The number of ether oxygens (including phenoxy) is 1. The van der Waals surface area contributed by atoms with Crippen LogP contribution >= 0.6 is 0 Å². The second-order valence-corrected chi connectivity index (χ2v) is 8.35. The van der Waals surface area contributed by atoms with Crippen LogP contribution in [0.1, 0.15) is 36.0 Å². The van der Waals surface area contributed by atoms with E-state index >= 15 is 0 Å². The van der Waals surface area contributed by atoms with Gasteiger partial charge in [-0.15, -0.1) is 0 Å². The van der Waals surface area contributed by atoms with Crippen LogP contribution in [0.25, 0.3) is 0 Å². The van der Waals surface area contributed by atoms with Crippen LogP contribution in [0.15, 0.2) is 24.3 Å². The zero-order chi connectivity index (χ0) is 20.2. The minimum absolute atomic E-state index is 0.0154. The fraction of sp³-hybridized carbons (Fsp3) is 0.636. The Hall–Kier alpha value is -2.12. The molecule has 0 saturated carbocycles. The fourth-order valence-electron chi connectivity index (χ4n) is 4.84. The van der Waals surface area contributed by atoms with Crippen LogP contribution in [-0.4, -0.2) is 90.1 Å². The summed E-state index contributed by atoms with van der Waals surface area (Å²) in [4.78, 5) is 31.9. The largest absolute Gasteiger partial charge is 0.508 e. The van der Waals surface area contributed by atoms with Gasteiger partial charge in [0.25, 0.3) is 5.91 Å². The molecule has 1 aromatic rings. The molecule has 3 aliphatic heterocycles. The number of hydrogen-bond acceptors (Lipinski definition) is 5. The van der Waals surface area contributed by atoms with Crippen molar-refractivity contribution in [1.82, 2.24) is 14.7 Å². The van der Waals surface area contributed by atoms with Gasteiger partial charge in [0.15, 0.2) is 0 Å². The number of rotatable bonds is 3. The Bertz CT molecular complexity index is 727. The maximum Gasteiger partial charge on any atom is 0.253 e. The molecule has 3 saturated heterocycles. The van der Waals surface area contributed by atoms with Crippen molar-refractivity contribution in [3.05, 3.63) is 29.8 Å². The molecule has 3 fully saturated rings. The maximum atomic E-state index is 12.9. The van der Waals surface area contributed by atoms with E-state index in [0.29, 0.717) is 37.9 Å². The van der Waals surface area contributed by atoms with E-state index in [4.69, 9.17) is 4.74 Å². The van der Waals surface area contributed by atoms with Crippen molar-refractivity contribution in [3.63, 3.8) is 0 Å². The quantitative estimate of drug-likeness (QED) is 0.832. The average Bonchev–Trinajstić information content (AvgIpc) is 2.79. The SMILES string of the molecule is O=C(c1cccc(O)c1)N1CCC(N2CCC[C@@H](C(=O)N3CCOCC3)C2)CC1. The molecule has 0 spiro atoms. The van der Waals surface area contributed by atoms with Crippen molar-refractivity contribution in [2.75, 3.05) is 52.5 Å². The van der Waals surface area contributed by atoms with Gasteiger partial charge in [-0.1, -0.05) is 6.07 Å². The molecule has 1 atom stereocenters. The predicted molar refractivity (Wildman–Crippen MR) is 109 cm³/mol. The molecular formula is C22H31N3O4. The predicted octanol–water partition coefficient (Wildman–Crippen LogP) is 1.57. The Labute approximate surface area is 172 Å². The van der Waals surface area contributed by atoms with Crippen LogP contribution in [0.4, 0.5) is 0 Å². The Kier molecular flexibility index (Phi) is 6.35. The number of hydrogen-bond donors (Lipinski definition) is 1. The highest BCUT2D eigenvalue weighted by molar-refractivity contribution is 5.94. The number of amides is 2. The summed E-state index contributed by atoms with van der Waals surface area (Å²) in [6, 6.07) is 6.99. The highest BCUT2D eigenvalue weighted by Gasteiger charge is 2.34. The lowest BCUT2D eigenvalue weighted by molar-refractivity contribution is -0.141. The number of phenols is 1. The highest BCUT2D eigenvalue weighted by atomic mass is 16.5. The molecule has 0 unspecified atom stereocenters. The van der Waals surface area contributed by atoms with E-state index in [1.54, 1.807) is 18.2 Å². The number of piperidine rings is 2. The third-order valence-electron chi connectivity index (χ3n) is 6.49. The maximum absolute atomic E-state index is 12.9. The zero-order valence-electron chi connectivity index (χ0n) is 17.0. The number of nitrogens with zero attached hydrogens (tertiary/aromatic N) is 3. The van der Waals surface area contributed by atoms with Crippen LogP contribution < -0.4 is 0 Å². The van der Waals surface area contributed by atoms with Crippen molar-refractivity contribution in [1.29, 1.82) is 0 Å². The molecule has 7 heteroatoms. The Morgan fingerprint density at radius 1 is 0.966 bits per heavy atom. The number of carbonyl (C=O) groups excluding carboxylic acids is 2. The summed E-state index contributed by atoms with van der Waals surface area (Å²) >= 11 is 0.